The van der Waals surface area contributed by atoms with Crippen LogP contribution in [0.4, 0.5) is 5.69 Å². The maximum Gasteiger partial charge on any atom is 0.273 e. The number of nitrogens with zero attached hydrogens (tertiary/aromatic N) is 2. The number of rotatable bonds is 4. The molecule has 0 spiro atoms. The molecule has 1 aromatic heterocycles. The number of hydrogen-bond donors (Lipinski definition) is 0. The zero-order valence-electron chi connectivity index (χ0n) is 10.9. The van der Waals surface area contributed by atoms with Crippen LogP contribution in [0.5, 0.6) is 5.75 Å². The molecular weight excluding hydrogens is 296 g/mol. The van der Waals surface area contributed by atoms with E-state index < -0.39 is 10.0 Å². The fraction of sp³-hybridized carbons (Fsp3) is 0.154. The van der Waals surface area contributed by atoms with Gasteiger partial charge in [-0.05, 0) is 36.4 Å². The summed E-state index contributed by atoms with van der Waals surface area (Å²) in [4.78, 5) is 0.367. The number of hydrogen-bond acceptors (Lipinski definition) is 5. The van der Waals surface area contributed by atoms with Gasteiger partial charge in [-0.3, -0.25) is 4.31 Å². The summed E-state index contributed by atoms with van der Waals surface area (Å²) in [6, 6.07) is 11.6. The Morgan fingerprint density at radius 1 is 1.20 bits per heavy atom. The number of thiophene rings is 1. The lowest BCUT2D eigenvalue weighted by Crippen LogP contribution is -2.25. The van der Waals surface area contributed by atoms with Gasteiger partial charge in [-0.25, -0.2) is 8.42 Å². The van der Waals surface area contributed by atoms with Crippen molar-refractivity contribution in [3.05, 3.63) is 41.3 Å². The zero-order valence-corrected chi connectivity index (χ0v) is 12.5. The fourth-order valence-corrected chi connectivity index (χ4v) is 4.05. The van der Waals surface area contributed by atoms with E-state index in [9.17, 15) is 8.42 Å². The number of sulfonamides is 1. The lowest BCUT2D eigenvalue weighted by atomic mass is 10.3. The lowest BCUT2D eigenvalue weighted by Gasteiger charge is -2.18. The predicted octanol–water partition coefficient (Wildman–Crippen LogP) is 2.45. The summed E-state index contributed by atoms with van der Waals surface area (Å²) >= 11 is 0.955. The van der Waals surface area contributed by atoms with Gasteiger partial charge in [0.05, 0.1) is 12.8 Å². The van der Waals surface area contributed by atoms with Crippen LogP contribution in [0.3, 0.4) is 0 Å². The van der Waals surface area contributed by atoms with Crippen molar-refractivity contribution in [2.75, 3.05) is 18.5 Å². The van der Waals surface area contributed by atoms with Crippen LogP contribution in [0.25, 0.3) is 0 Å². The minimum atomic E-state index is -3.64. The molecule has 0 unspecified atom stereocenters. The molecule has 0 saturated heterocycles. The highest BCUT2D eigenvalue weighted by atomic mass is 32.2. The highest BCUT2D eigenvalue weighted by molar-refractivity contribution is 7.94. The Bertz CT molecular complexity index is 743. The SMILES string of the molecule is COc1ccc(N(C)S(=O)(=O)c2ccc(C#N)s2)cc1. The second-order valence-corrected chi connectivity index (χ2v) is 7.18. The van der Waals surface area contributed by atoms with Gasteiger partial charge in [-0.15, -0.1) is 11.3 Å². The molecule has 0 aliphatic heterocycles. The molecule has 2 aromatic rings. The molecule has 0 fully saturated rings. The first-order chi connectivity index (χ1) is 9.48. The van der Waals surface area contributed by atoms with Crippen molar-refractivity contribution >= 4 is 27.0 Å². The average Bonchev–Trinajstić information content (AvgIpc) is 2.96. The van der Waals surface area contributed by atoms with Gasteiger partial charge >= 0.3 is 0 Å². The molecule has 0 radical (unpaired) electrons. The topological polar surface area (TPSA) is 70.4 Å². The third-order valence-corrected chi connectivity index (χ3v) is 5.99. The van der Waals surface area contributed by atoms with Gasteiger partial charge in [0.1, 0.15) is 20.9 Å². The average molecular weight is 308 g/mol. The van der Waals surface area contributed by atoms with Crippen LogP contribution in [0.1, 0.15) is 4.88 Å². The quantitative estimate of drug-likeness (QED) is 0.870. The van der Waals surface area contributed by atoms with Gasteiger partial charge < -0.3 is 4.74 Å². The molecule has 0 N–H and O–H groups in total. The molecule has 0 aliphatic rings. The van der Waals surface area contributed by atoms with Gasteiger partial charge in [0, 0.05) is 7.05 Å². The molecular formula is C13H12N2O3S2. The van der Waals surface area contributed by atoms with Crippen LogP contribution < -0.4 is 9.04 Å². The molecule has 0 atom stereocenters. The number of anilines is 1. The van der Waals surface area contributed by atoms with Gasteiger partial charge in [-0.1, -0.05) is 0 Å². The summed E-state index contributed by atoms with van der Waals surface area (Å²) in [6.45, 7) is 0. The molecule has 7 heteroatoms. The van der Waals surface area contributed by atoms with Crippen LogP contribution >= 0.6 is 11.3 Å². The summed E-state index contributed by atoms with van der Waals surface area (Å²) in [5, 5.41) is 8.77. The van der Waals surface area contributed by atoms with E-state index in [1.165, 1.54) is 23.5 Å². The fourth-order valence-electron chi connectivity index (χ4n) is 1.58. The molecule has 0 bridgehead atoms. The Labute approximate surface area is 121 Å². The van der Waals surface area contributed by atoms with Gasteiger partial charge in [0.2, 0.25) is 0 Å². The number of benzene rings is 1. The van der Waals surface area contributed by atoms with Crippen LogP contribution in [0, 0.1) is 11.3 Å². The lowest BCUT2D eigenvalue weighted by molar-refractivity contribution is 0.415. The van der Waals surface area contributed by atoms with E-state index in [-0.39, 0.29) is 4.21 Å². The second-order valence-electron chi connectivity index (χ2n) is 3.90. The Morgan fingerprint density at radius 3 is 2.35 bits per heavy atom. The maximum atomic E-state index is 12.4. The van der Waals surface area contributed by atoms with Crippen LogP contribution in [-0.4, -0.2) is 22.6 Å². The minimum Gasteiger partial charge on any atom is -0.497 e. The standard InChI is InChI=1S/C13H12N2O3S2/c1-15(10-3-5-11(18-2)6-4-10)20(16,17)13-8-7-12(9-14)19-13/h3-8H,1-2H3. The van der Waals surface area contributed by atoms with Gasteiger partial charge in [0.25, 0.3) is 10.0 Å². The van der Waals surface area contributed by atoms with Crippen LogP contribution in [0.15, 0.2) is 40.6 Å². The van der Waals surface area contributed by atoms with Crippen molar-refractivity contribution in [1.82, 2.24) is 0 Å². The summed E-state index contributed by atoms with van der Waals surface area (Å²) in [7, 11) is -0.620. The third-order valence-electron chi connectivity index (χ3n) is 2.74. The Morgan fingerprint density at radius 2 is 1.85 bits per heavy atom. The number of ether oxygens (including phenoxy) is 1. The van der Waals surface area contributed by atoms with E-state index in [0.717, 1.165) is 11.3 Å². The van der Waals surface area contributed by atoms with Crippen LogP contribution in [0.2, 0.25) is 0 Å². The molecule has 104 valence electrons. The first kappa shape index (κ1) is 14.4. The van der Waals surface area contributed by atoms with E-state index >= 15 is 0 Å². The number of nitriles is 1. The molecule has 1 heterocycles. The van der Waals surface area contributed by atoms with Gasteiger partial charge in [0.15, 0.2) is 0 Å². The Kier molecular flexibility index (Phi) is 3.97. The molecule has 1 aromatic carbocycles. The first-order valence-electron chi connectivity index (χ1n) is 5.62. The summed E-state index contributed by atoms with van der Waals surface area (Å²) in [5.74, 6) is 0.655. The first-order valence-corrected chi connectivity index (χ1v) is 7.87. The zero-order chi connectivity index (χ0) is 14.8. The van der Waals surface area contributed by atoms with Crippen molar-refractivity contribution < 1.29 is 13.2 Å². The van der Waals surface area contributed by atoms with Crippen molar-refractivity contribution in [3.8, 4) is 11.8 Å². The number of methoxy groups -OCH3 is 1. The van der Waals surface area contributed by atoms with Crippen molar-refractivity contribution in [1.29, 1.82) is 5.26 Å². The van der Waals surface area contributed by atoms with E-state index in [2.05, 4.69) is 0 Å². The molecule has 2 rings (SSSR count). The molecule has 0 amide bonds. The van der Waals surface area contributed by atoms with E-state index in [1.807, 2.05) is 6.07 Å². The largest absolute Gasteiger partial charge is 0.497 e. The smallest absolute Gasteiger partial charge is 0.273 e. The van der Waals surface area contributed by atoms with Crippen LogP contribution in [-0.2, 0) is 10.0 Å². The van der Waals surface area contributed by atoms with Crippen molar-refractivity contribution in [2.24, 2.45) is 0 Å². The minimum absolute atomic E-state index is 0.146. The predicted molar refractivity (Wildman–Crippen MR) is 77.6 cm³/mol. The van der Waals surface area contributed by atoms with Gasteiger partial charge in [-0.2, -0.15) is 5.26 Å². The highest BCUT2D eigenvalue weighted by Gasteiger charge is 2.23. The molecule has 20 heavy (non-hydrogen) atoms. The Balaban J connectivity index is 2.35. The summed E-state index contributed by atoms with van der Waals surface area (Å²) < 4.78 is 31.2. The molecule has 0 saturated carbocycles. The summed E-state index contributed by atoms with van der Waals surface area (Å²) in [6.07, 6.45) is 0. The molecule has 0 aliphatic carbocycles. The van der Waals surface area contributed by atoms with Crippen molar-refractivity contribution in [3.63, 3.8) is 0 Å². The van der Waals surface area contributed by atoms with E-state index in [0.29, 0.717) is 16.3 Å². The van der Waals surface area contributed by atoms with E-state index in [1.54, 1.807) is 31.4 Å². The van der Waals surface area contributed by atoms with Crippen molar-refractivity contribution in [2.45, 2.75) is 4.21 Å². The molecule has 5 nitrogen and oxygen atoms in total. The monoisotopic (exact) mass is 308 g/mol. The normalized spacial score (nSPS) is 10.8. The third kappa shape index (κ3) is 2.61. The second kappa shape index (κ2) is 5.53. The highest BCUT2D eigenvalue weighted by Crippen LogP contribution is 2.28. The van der Waals surface area contributed by atoms with E-state index in [4.69, 9.17) is 10.00 Å². The summed E-state index contributed by atoms with van der Waals surface area (Å²) in [5.41, 5.74) is 0.526. The maximum absolute atomic E-state index is 12.4. The Hall–Kier alpha value is -2.04.